The maximum atomic E-state index is 11.4. The summed E-state index contributed by atoms with van der Waals surface area (Å²) >= 11 is 2.11. The van der Waals surface area contributed by atoms with Crippen LogP contribution in [0.15, 0.2) is 12.3 Å². The summed E-state index contributed by atoms with van der Waals surface area (Å²) < 4.78 is 2.68. The third kappa shape index (κ3) is 1.99. The van der Waals surface area contributed by atoms with Crippen molar-refractivity contribution in [3.8, 4) is 0 Å². The van der Waals surface area contributed by atoms with E-state index in [0.717, 1.165) is 3.57 Å². The molecule has 2 rings (SSSR count). The maximum Gasteiger partial charge on any atom is 0.305 e. The fraction of sp³-hybridized carbons (Fsp3) is 0.333. The number of fused-ring (bicyclic) bond motifs is 1. The highest BCUT2D eigenvalue weighted by molar-refractivity contribution is 14.1. The molecule has 1 atom stereocenters. The first-order valence-corrected chi connectivity index (χ1v) is 5.53. The van der Waals surface area contributed by atoms with Gasteiger partial charge in [-0.1, -0.05) is 0 Å². The zero-order valence-electron chi connectivity index (χ0n) is 7.74. The molecule has 1 aromatic heterocycles. The van der Waals surface area contributed by atoms with Gasteiger partial charge in [-0.15, -0.1) is 0 Å². The molecule has 2 heterocycles. The fourth-order valence-electron chi connectivity index (χ4n) is 1.70. The molecular weight excluding hydrogens is 311 g/mol. The molecule has 5 nitrogen and oxygen atoms in total. The molecule has 1 amide bonds. The van der Waals surface area contributed by atoms with Crippen molar-refractivity contribution in [3.63, 3.8) is 0 Å². The van der Waals surface area contributed by atoms with E-state index >= 15 is 0 Å². The minimum atomic E-state index is -0.856. The number of halogens is 1. The molecule has 0 aromatic carbocycles. The van der Waals surface area contributed by atoms with Gasteiger partial charge in [-0.2, -0.15) is 0 Å². The van der Waals surface area contributed by atoms with Crippen LogP contribution in [0.4, 0.5) is 0 Å². The Labute approximate surface area is 99.6 Å². The Hall–Kier alpha value is -1.05. The third-order valence-corrected chi connectivity index (χ3v) is 2.94. The first kappa shape index (κ1) is 10.5. The van der Waals surface area contributed by atoms with Crippen LogP contribution in [-0.4, -0.2) is 28.1 Å². The largest absolute Gasteiger partial charge is 0.481 e. The standard InChI is InChI=1S/C9H9IN2O3/c10-5-1-7-9(15)11-3-6(2-8(13)14)12(7)4-5/h1,4,6H,2-3H2,(H,11,15)(H,13,14). The van der Waals surface area contributed by atoms with Crippen molar-refractivity contribution in [2.75, 3.05) is 6.54 Å². The van der Waals surface area contributed by atoms with E-state index in [1.165, 1.54) is 0 Å². The van der Waals surface area contributed by atoms with Gasteiger partial charge in [0.2, 0.25) is 0 Å². The number of hydrogen-bond donors (Lipinski definition) is 2. The van der Waals surface area contributed by atoms with Crippen molar-refractivity contribution in [1.82, 2.24) is 9.88 Å². The minimum Gasteiger partial charge on any atom is -0.481 e. The lowest BCUT2D eigenvalue weighted by Crippen LogP contribution is -2.39. The van der Waals surface area contributed by atoms with Crippen LogP contribution in [0.1, 0.15) is 23.0 Å². The smallest absolute Gasteiger partial charge is 0.305 e. The van der Waals surface area contributed by atoms with Crippen molar-refractivity contribution >= 4 is 34.5 Å². The summed E-state index contributed by atoms with van der Waals surface area (Å²) in [6.45, 7) is 0.378. The van der Waals surface area contributed by atoms with Gasteiger partial charge in [0.1, 0.15) is 5.69 Å². The van der Waals surface area contributed by atoms with E-state index in [-0.39, 0.29) is 18.4 Å². The van der Waals surface area contributed by atoms with Crippen LogP contribution in [0, 0.1) is 3.57 Å². The first-order valence-electron chi connectivity index (χ1n) is 4.45. The summed E-state index contributed by atoms with van der Waals surface area (Å²) in [6, 6.07) is 1.57. The quantitative estimate of drug-likeness (QED) is 0.794. The predicted octanol–water partition coefficient (Wildman–Crippen LogP) is 0.852. The molecule has 0 saturated carbocycles. The number of nitrogens with zero attached hydrogens (tertiary/aromatic N) is 1. The second-order valence-electron chi connectivity index (χ2n) is 3.41. The second kappa shape index (κ2) is 3.84. The SMILES string of the molecule is O=C(O)CC1CNC(=O)c2cc(I)cn21. The Morgan fingerprint density at radius 2 is 2.47 bits per heavy atom. The van der Waals surface area contributed by atoms with E-state index in [4.69, 9.17) is 5.11 Å². The maximum absolute atomic E-state index is 11.4. The summed E-state index contributed by atoms with van der Waals surface area (Å²) in [5, 5.41) is 11.4. The molecule has 0 bridgehead atoms. The van der Waals surface area contributed by atoms with Gasteiger partial charge in [0.25, 0.3) is 5.91 Å². The van der Waals surface area contributed by atoms with Crippen LogP contribution >= 0.6 is 22.6 Å². The Morgan fingerprint density at radius 3 is 3.13 bits per heavy atom. The zero-order valence-corrected chi connectivity index (χ0v) is 9.89. The van der Waals surface area contributed by atoms with Crippen LogP contribution in [0.25, 0.3) is 0 Å². The highest BCUT2D eigenvalue weighted by atomic mass is 127. The molecule has 15 heavy (non-hydrogen) atoms. The van der Waals surface area contributed by atoms with E-state index in [1.807, 2.05) is 6.20 Å². The first-order chi connectivity index (χ1) is 7.08. The van der Waals surface area contributed by atoms with Gasteiger partial charge in [0.05, 0.1) is 12.5 Å². The lowest BCUT2D eigenvalue weighted by atomic mass is 10.1. The van der Waals surface area contributed by atoms with Crippen LogP contribution in [0.2, 0.25) is 0 Å². The predicted molar refractivity (Wildman–Crippen MR) is 60.8 cm³/mol. The number of carbonyl (C=O) groups is 2. The average molecular weight is 320 g/mol. The van der Waals surface area contributed by atoms with Gasteiger partial charge in [-0.25, -0.2) is 0 Å². The van der Waals surface area contributed by atoms with Crippen molar-refractivity contribution in [2.45, 2.75) is 12.5 Å². The molecular formula is C9H9IN2O3. The molecule has 1 aromatic rings. The number of amides is 1. The van der Waals surface area contributed by atoms with E-state index in [2.05, 4.69) is 27.9 Å². The number of hydrogen-bond acceptors (Lipinski definition) is 2. The van der Waals surface area contributed by atoms with E-state index < -0.39 is 5.97 Å². The van der Waals surface area contributed by atoms with Gasteiger partial charge >= 0.3 is 5.97 Å². The number of carboxylic acids is 1. The Bertz CT molecular complexity index is 427. The van der Waals surface area contributed by atoms with Gasteiger partial charge in [0.15, 0.2) is 0 Å². The summed E-state index contributed by atoms with van der Waals surface area (Å²) in [5.41, 5.74) is 0.539. The van der Waals surface area contributed by atoms with E-state index in [1.54, 1.807) is 10.6 Å². The molecule has 80 valence electrons. The molecule has 1 aliphatic heterocycles. The van der Waals surface area contributed by atoms with Gasteiger partial charge < -0.3 is 15.0 Å². The van der Waals surface area contributed by atoms with Crippen LogP contribution in [-0.2, 0) is 4.79 Å². The molecule has 2 N–H and O–H groups in total. The molecule has 6 heteroatoms. The third-order valence-electron chi connectivity index (χ3n) is 2.35. The van der Waals surface area contributed by atoms with Crippen LogP contribution < -0.4 is 5.32 Å². The van der Waals surface area contributed by atoms with Gasteiger partial charge in [-0.05, 0) is 28.7 Å². The lowest BCUT2D eigenvalue weighted by Gasteiger charge is -2.24. The number of aromatic nitrogens is 1. The number of carboxylic acid groups (broad SMARTS) is 1. The van der Waals surface area contributed by atoms with Crippen LogP contribution in [0.3, 0.4) is 0 Å². The summed E-state index contributed by atoms with van der Waals surface area (Å²) in [6.07, 6.45) is 1.83. The molecule has 1 unspecified atom stereocenters. The number of nitrogens with one attached hydrogen (secondary N) is 1. The zero-order chi connectivity index (χ0) is 11.0. The number of aliphatic carboxylic acids is 1. The highest BCUT2D eigenvalue weighted by Crippen LogP contribution is 2.22. The molecule has 0 aliphatic carbocycles. The Balaban J connectivity index is 2.35. The van der Waals surface area contributed by atoms with Crippen molar-refractivity contribution in [1.29, 1.82) is 0 Å². The average Bonchev–Trinajstić information content (AvgIpc) is 2.52. The van der Waals surface area contributed by atoms with E-state index in [0.29, 0.717) is 12.2 Å². The molecule has 1 aliphatic rings. The fourth-order valence-corrected chi connectivity index (χ4v) is 2.30. The number of carbonyl (C=O) groups excluding carboxylic acids is 1. The molecule has 0 radical (unpaired) electrons. The minimum absolute atomic E-state index is 0.0258. The Morgan fingerprint density at radius 1 is 1.73 bits per heavy atom. The van der Waals surface area contributed by atoms with E-state index in [9.17, 15) is 9.59 Å². The highest BCUT2D eigenvalue weighted by Gasteiger charge is 2.26. The van der Waals surface area contributed by atoms with Crippen molar-refractivity contribution in [2.24, 2.45) is 0 Å². The monoisotopic (exact) mass is 320 g/mol. The van der Waals surface area contributed by atoms with Crippen molar-refractivity contribution in [3.05, 3.63) is 21.5 Å². The number of rotatable bonds is 2. The topological polar surface area (TPSA) is 71.3 Å². The van der Waals surface area contributed by atoms with Gasteiger partial charge in [-0.3, -0.25) is 9.59 Å². The lowest BCUT2D eigenvalue weighted by molar-refractivity contribution is -0.137. The summed E-state index contributed by atoms with van der Waals surface area (Å²) in [4.78, 5) is 22.1. The summed E-state index contributed by atoms with van der Waals surface area (Å²) in [5.74, 6) is -0.995. The summed E-state index contributed by atoms with van der Waals surface area (Å²) in [7, 11) is 0. The molecule has 0 fully saturated rings. The second-order valence-corrected chi connectivity index (χ2v) is 4.66. The van der Waals surface area contributed by atoms with Crippen LogP contribution in [0.5, 0.6) is 0 Å². The normalized spacial score (nSPS) is 19.5. The van der Waals surface area contributed by atoms with Gasteiger partial charge in [0, 0.05) is 16.3 Å². The van der Waals surface area contributed by atoms with Crippen molar-refractivity contribution < 1.29 is 14.7 Å². The molecule has 0 saturated heterocycles. The molecule has 0 spiro atoms. The Kier molecular flexibility index (Phi) is 2.68.